The summed E-state index contributed by atoms with van der Waals surface area (Å²) < 4.78 is 67.8. The molecule has 0 bridgehead atoms. The van der Waals surface area contributed by atoms with Gasteiger partial charge in [0.1, 0.15) is 24.4 Å². The molecule has 1 fully saturated rings. The maximum absolute atomic E-state index is 13.1. The van der Waals surface area contributed by atoms with E-state index in [4.69, 9.17) is 23.4 Å². The predicted octanol–water partition coefficient (Wildman–Crippen LogP) is 6.22. The number of halogens is 3. The smallest absolute Gasteiger partial charge is 0.416 e. The summed E-state index contributed by atoms with van der Waals surface area (Å²) >= 11 is 0. The van der Waals surface area contributed by atoms with E-state index in [1.54, 1.807) is 6.07 Å². The van der Waals surface area contributed by atoms with Crippen LogP contribution in [0, 0.1) is 0 Å². The monoisotopic (exact) mass is 507 g/mol. The van der Waals surface area contributed by atoms with E-state index in [0.717, 1.165) is 44.2 Å². The lowest BCUT2D eigenvalue weighted by Gasteiger charge is -2.22. The molecule has 1 aliphatic heterocycles. The Hall–Kier alpha value is -3.11. The first-order valence-electron chi connectivity index (χ1n) is 12.0. The molecule has 1 saturated heterocycles. The minimum Gasteiger partial charge on any atom is -0.463 e. The largest absolute Gasteiger partial charge is 0.463 e. The Kier molecular flexibility index (Phi) is 8.48. The van der Waals surface area contributed by atoms with Gasteiger partial charge >= 0.3 is 6.18 Å². The van der Waals surface area contributed by atoms with Gasteiger partial charge in [-0.05, 0) is 49.9 Å². The molecule has 1 aromatic carbocycles. The van der Waals surface area contributed by atoms with Gasteiger partial charge < -0.3 is 23.4 Å². The van der Waals surface area contributed by atoms with E-state index >= 15 is 0 Å². The van der Waals surface area contributed by atoms with Gasteiger partial charge in [0.2, 0.25) is 17.5 Å². The zero-order valence-electron chi connectivity index (χ0n) is 19.9. The molecule has 2 unspecified atom stereocenters. The number of nitrogens with zero attached hydrogens (tertiary/aromatic N) is 1. The van der Waals surface area contributed by atoms with E-state index < -0.39 is 23.5 Å². The van der Waals surface area contributed by atoms with Gasteiger partial charge in [-0.2, -0.15) is 13.2 Å². The van der Waals surface area contributed by atoms with Gasteiger partial charge in [0.15, 0.2) is 6.29 Å². The fourth-order valence-electron chi connectivity index (χ4n) is 3.81. The second-order valence-electron chi connectivity index (χ2n) is 8.53. The SMILES string of the molecule is CCCCC(Oc1coc(COC2CCCCO2)cc1=O)Oc1ccnc2cc(C(F)(F)F)ccc12. The minimum atomic E-state index is -4.48. The average Bonchev–Trinajstić information content (AvgIpc) is 2.87. The molecule has 2 aromatic heterocycles. The second-order valence-corrected chi connectivity index (χ2v) is 8.53. The molecule has 36 heavy (non-hydrogen) atoms. The summed E-state index contributed by atoms with van der Waals surface area (Å²) in [4.78, 5) is 16.7. The van der Waals surface area contributed by atoms with Gasteiger partial charge in [0.05, 0.1) is 11.1 Å². The highest BCUT2D eigenvalue weighted by molar-refractivity contribution is 5.85. The van der Waals surface area contributed by atoms with E-state index in [1.807, 2.05) is 6.92 Å². The Balaban J connectivity index is 1.48. The third-order valence-corrected chi connectivity index (χ3v) is 5.74. The molecule has 3 aromatic rings. The van der Waals surface area contributed by atoms with E-state index in [9.17, 15) is 18.0 Å². The summed E-state index contributed by atoms with van der Waals surface area (Å²) in [5, 5.41) is 0.403. The molecule has 0 aliphatic carbocycles. The zero-order valence-corrected chi connectivity index (χ0v) is 19.9. The molecule has 194 valence electrons. The third-order valence-electron chi connectivity index (χ3n) is 5.74. The van der Waals surface area contributed by atoms with Crippen molar-refractivity contribution < 1.29 is 36.5 Å². The van der Waals surface area contributed by atoms with Crippen LogP contribution in [0.3, 0.4) is 0 Å². The molecule has 0 N–H and O–H groups in total. The lowest BCUT2D eigenvalue weighted by molar-refractivity contribution is -0.171. The van der Waals surface area contributed by atoms with Crippen molar-refractivity contribution in [3.8, 4) is 11.5 Å². The molecule has 0 saturated carbocycles. The van der Waals surface area contributed by atoms with Crippen molar-refractivity contribution in [3.05, 3.63) is 64.3 Å². The number of pyridine rings is 1. The van der Waals surface area contributed by atoms with Crippen molar-refractivity contribution in [1.82, 2.24) is 4.98 Å². The Morgan fingerprint density at radius 2 is 1.97 bits per heavy atom. The minimum absolute atomic E-state index is 0.0357. The Labute approximate surface area is 206 Å². The number of rotatable bonds is 10. The highest BCUT2D eigenvalue weighted by atomic mass is 19.4. The standard InChI is InChI=1S/C26H28F3NO6/c1-2-3-6-25(35-22-10-11-30-20-13-17(26(27,28)29)8-9-19(20)22)36-23-16-33-18(14-21(23)31)15-34-24-7-4-5-12-32-24/h8-11,13-14,16,24-25H,2-7,12,15H2,1H3. The highest BCUT2D eigenvalue weighted by Crippen LogP contribution is 2.33. The highest BCUT2D eigenvalue weighted by Gasteiger charge is 2.31. The number of aromatic nitrogens is 1. The lowest BCUT2D eigenvalue weighted by atomic mass is 10.1. The number of benzene rings is 1. The molecule has 4 rings (SSSR count). The second kappa shape index (κ2) is 11.7. The maximum atomic E-state index is 13.1. The molecule has 1 aliphatic rings. The molecular formula is C26H28F3NO6. The van der Waals surface area contributed by atoms with Crippen molar-refractivity contribution in [2.45, 2.75) is 70.8 Å². The van der Waals surface area contributed by atoms with Crippen molar-refractivity contribution >= 4 is 10.9 Å². The fourth-order valence-corrected chi connectivity index (χ4v) is 3.81. The Morgan fingerprint density at radius 1 is 1.14 bits per heavy atom. The zero-order chi connectivity index (χ0) is 25.5. The molecule has 0 amide bonds. The summed E-state index contributed by atoms with van der Waals surface area (Å²) in [6, 6.07) is 6.12. The maximum Gasteiger partial charge on any atom is 0.416 e. The Morgan fingerprint density at radius 3 is 2.69 bits per heavy atom. The van der Waals surface area contributed by atoms with Crippen molar-refractivity contribution in [2.24, 2.45) is 0 Å². The average molecular weight is 508 g/mol. The van der Waals surface area contributed by atoms with Crippen LogP contribution in [0.1, 0.15) is 56.8 Å². The molecule has 10 heteroatoms. The molecule has 0 radical (unpaired) electrons. The van der Waals surface area contributed by atoms with Crippen LogP contribution in [0.4, 0.5) is 13.2 Å². The van der Waals surface area contributed by atoms with Crippen molar-refractivity contribution in [2.75, 3.05) is 6.61 Å². The van der Waals surface area contributed by atoms with E-state index in [2.05, 4.69) is 4.98 Å². The van der Waals surface area contributed by atoms with Gasteiger partial charge in [0, 0.05) is 30.7 Å². The number of hydrogen-bond acceptors (Lipinski definition) is 7. The number of fused-ring (bicyclic) bond motifs is 1. The number of hydrogen-bond donors (Lipinski definition) is 0. The van der Waals surface area contributed by atoms with E-state index in [-0.39, 0.29) is 24.2 Å². The van der Waals surface area contributed by atoms with Gasteiger partial charge in [0.25, 0.3) is 0 Å². The topological polar surface area (TPSA) is 80.0 Å². The first kappa shape index (κ1) is 26.0. The molecule has 7 nitrogen and oxygen atoms in total. The third kappa shape index (κ3) is 6.76. The number of ether oxygens (including phenoxy) is 4. The molecule has 0 spiro atoms. The molecule has 3 heterocycles. The fraction of sp³-hybridized carbons (Fsp3) is 0.462. The van der Waals surface area contributed by atoms with E-state index in [0.29, 0.717) is 29.9 Å². The van der Waals surface area contributed by atoms with Gasteiger partial charge in [-0.25, -0.2) is 0 Å². The summed E-state index contributed by atoms with van der Waals surface area (Å²) in [6.07, 6.45) is 1.80. The van der Waals surface area contributed by atoms with Crippen LogP contribution in [-0.2, 0) is 22.3 Å². The molecule has 2 atom stereocenters. The van der Waals surface area contributed by atoms with Crippen LogP contribution in [0.25, 0.3) is 10.9 Å². The van der Waals surface area contributed by atoms with Gasteiger partial charge in [-0.15, -0.1) is 0 Å². The Bertz CT molecular complexity index is 1210. The number of alkyl halides is 3. The normalized spacial score (nSPS) is 17.2. The van der Waals surface area contributed by atoms with Crippen LogP contribution in [0.15, 0.2) is 52.0 Å². The van der Waals surface area contributed by atoms with Crippen LogP contribution >= 0.6 is 0 Å². The van der Waals surface area contributed by atoms with Gasteiger partial charge in [-0.1, -0.05) is 13.3 Å². The van der Waals surface area contributed by atoms with Crippen molar-refractivity contribution in [3.63, 3.8) is 0 Å². The molecular weight excluding hydrogens is 479 g/mol. The lowest BCUT2D eigenvalue weighted by Crippen LogP contribution is -2.26. The predicted molar refractivity (Wildman–Crippen MR) is 125 cm³/mol. The summed E-state index contributed by atoms with van der Waals surface area (Å²) in [5.41, 5.74) is -1.05. The summed E-state index contributed by atoms with van der Waals surface area (Å²) in [7, 11) is 0. The first-order valence-corrected chi connectivity index (χ1v) is 12.0. The van der Waals surface area contributed by atoms with Crippen LogP contribution in [0.5, 0.6) is 11.5 Å². The number of unbranched alkanes of at least 4 members (excludes halogenated alkanes) is 1. The quantitative estimate of drug-likeness (QED) is 0.301. The van der Waals surface area contributed by atoms with Crippen LogP contribution < -0.4 is 14.9 Å². The summed E-state index contributed by atoms with van der Waals surface area (Å²) in [6.45, 7) is 2.74. The van der Waals surface area contributed by atoms with Crippen LogP contribution in [0.2, 0.25) is 0 Å². The van der Waals surface area contributed by atoms with Crippen LogP contribution in [-0.4, -0.2) is 24.2 Å². The van der Waals surface area contributed by atoms with Crippen molar-refractivity contribution in [1.29, 1.82) is 0 Å². The summed E-state index contributed by atoms with van der Waals surface area (Å²) in [5.74, 6) is 0.608. The van der Waals surface area contributed by atoms with Gasteiger partial charge in [-0.3, -0.25) is 9.78 Å². The van der Waals surface area contributed by atoms with E-state index in [1.165, 1.54) is 24.6 Å². The first-order chi connectivity index (χ1) is 17.3.